The number of hydrogen-bond donors (Lipinski definition) is 1. The van der Waals surface area contributed by atoms with Crippen LogP contribution < -0.4 is 15.2 Å². The van der Waals surface area contributed by atoms with E-state index in [-0.39, 0.29) is 0 Å². The molecule has 4 aromatic rings. The third-order valence-electron chi connectivity index (χ3n) is 4.09. The minimum absolute atomic E-state index is 0.437. The van der Waals surface area contributed by atoms with Gasteiger partial charge in [-0.25, -0.2) is 4.98 Å². The molecule has 4 rings (SSSR count). The van der Waals surface area contributed by atoms with Crippen LogP contribution in [0.25, 0.3) is 27.6 Å². The molecule has 0 radical (unpaired) electrons. The van der Waals surface area contributed by atoms with Gasteiger partial charge in [0.1, 0.15) is 16.5 Å². The van der Waals surface area contributed by atoms with E-state index < -0.39 is 0 Å². The Morgan fingerprint density at radius 2 is 1.78 bits per heavy atom. The highest BCUT2D eigenvalue weighted by Gasteiger charge is 2.17. The summed E-state index contributed by atoms with van der Waals surface area (Å²) in [5.74, 6) is 1.99. The van der Waals surface area contributed by atoms with Crippen molar-refractivity contribution >= 4 is 17.2 Å². The summed E-state index contributed by atoms with van der Waals surface area (Å²) < 4.78 is 12.0. The largest absolute Gasteiger partial charge is 0.497 e. The predicted octanol–water partition coefficient (Wildman–Crippen LogP) is 3.66. The molecule has 2 aromatic heterocycles. The van der Waals surface area contributed by atoms with E-state index >= 15 is 0 Å². The third-order valence-corrected chi connectivity index (χ3v) is 4.94. The fourth-order valence-corrected chi connectivity index (χ4v) is 3.47. The second kappa shape index (κ2) is 7.08. The van der Waals surface area contributed by atoms with E-state index in [9.17, 15) is 0 Å². The third kappa shape index (κ3) is 3.22. The molecular weight excluding hydrogens is 362 g/mol. The second-order valence-corrected chi connectivity index (χ2v) is 6.56. The van der Waals surface area contributed by atoms with Gasteiger partial charge in [-0.3, -0.25) is 0 Å². The molecule has 0 amide bonds. The van der Waals surface area contributed by atoms with Gasteiger partial charge >= 0.3 is 0 Å². The Labute approximate surface area is 160 Å². The summed E-state index contributed by atoms with van der Waals surface area (Å²) >= 11 is 1.47. The molecule has 0 saturated carbocycles. The van der Waals surface area contributed by atoms with Crippen molar-refractivity contribution in [2.75, 3.05) is 20.0 Å². The van der Waals surface area contributed by atoms with Crippen LogP contribution in [0.4, 0.5) is 5.82 Å². The van der Waals surface area contributed by atoms with E-state index in [1.165, 1.54) is 11.3 Å². The summed E-state index contributed by atoms with van der Waals surface area (Å²) in [5, 5.41) is 11.1. The summed E-state index contributed by atoms with van der Waals surface area (Å²) in [6, 6.07) is 15.2. The monoisotopic (exact) mass is 379 g/mol. The van der Waals surface area contributed by atoms with E-state index in [1.807, 2.05) is 53.9 Å². The molecule has 27 heavy (non-hydrogen) atoms. The molecule has 8 heteroatoms. The molecule has 2 aromatic carbocycles. The lowest BCUT2D eigenvalue weighted by Gasteiger charge is -2.04. The van der Waals surface area contributed by atoms with Crippen molar-refractivity contribution in [2.45, 2.75) is 0 Å². The fraction of sp³-hybridized carbons (Fsp3) is 0.105. The quantitative estimate of drug-likeness (QED) is 0.569. The summed E-state index contributed by atoms with van der Waals surface area (Å²) in [6.07, 6.45) is 0. The lowest BCUT2D eigenvalue weighted by atomic mass is 10.2. The molecule has 0 unspecified atom stereocenters. The number of hydrogen-bond acceptors (Lipinski definition) is 7. The zero-order valence-corrected chi connectivity index (χ0v) is 15.6. The normalized spacial score (nSPS) is 10.7. The van der Waals surface area contributed by atoms with Crippen molar-refractivity contribution in [1.29, 1.82) is 0 Å². The van der Waals surface area contributed by atoms with Crippen LogP contribution in [0.15, 0.2) is 53.9 Å². The standard InChI is InChI=1S/C19H17N5O2S/c1-25-14-8-6-13(7-9-14)24-18(20)17(22-23-24)19-21-16(11-27-19)12-4-3-5-15(10-12)26-2/h3-11H,20H2,1-2H3. The smallest absolute Gasteiger partial charge is 0.165 e. The van der Waals surface area contributed by atoms with Crippen molar-refractivity contribution in [1.82, 2.24) is 20.0 Å². The maximum Gasteiger partial charge on any atom is 0.165 e. The van der Waals surface area contributed by atoms with Gasteiger partial charge in [-0.05, 0) is 36.4 Å². The van der Waals surface area contributed by atoms with Gasteiger partial charge in [-0.15, -0.1) is 16.4 Å². The van der Waals surface area contributed by atoms with Gasteiger partial charge in [-0.1, -0.05) is 17.3 Å². The average molecular weight is 379 g/mol. The van der Waals surface area contributed by atoms with Crippen molar-refractivity contribution in [2.24, 2.45) is 0 Å². The molecular formula is C19H17N5O2S. The Kier molecular flexibility index (Phi) is 4.47. The zero-order valence-electron chi connectivity index (χ0n) is 14.8. The van der Waals surface area contributed by atoms with Crippen LogP contribution in [0.1, 0.15) is 0 Å². The number of aromatic nitrogens is 4. The van der Waals surface area contributed by atoms with Gasteiger partial charge in [-0.2, -0.15) is 4.68 Å². The highest BCUT2D eigenvalue weighted by molar-refractivity contribution is 7.13. The van der Waals surface area contributed by atoms with Gasteiger partial charge in [0.25, 0.3) is 0 Å². The average Bonchev–Trinajstić information content (AvgIpc) is 3.35. The summed E-state index contributed by atoms with van der Waals surface area (Å²) in [5.41, 5.74) is 9.46. The SMILES string of the molecule is COc1ccc(-n2nnc(-c3nc(-c4cccc(OC)c4)cs3)c2N)cc1. The Balaban J connectivity index is 1.66. The molecule has 0 aliphatic heterocycles. The van der Waals surface area contributed by atoms with Gasteiger partial charge in [0.05, 0.1) is 25.6 Å². The summed E-state index contributed by atoms with van der Waals surface area (Å²) in [6.45, 7) is 0. The zero-order chi connectivity index (χ0) is 18.8. The Morgan fingerprint density at radius 3 is 2.52 bits per heavy atom. The van der Waals surface area contributed by atoms with E-state index in [4.69, 9.17) is 15.2 Å². The predicted molar refractivity (Wildman–Crippen MR) is 105 cm³/mol. The molecule has 0 aliphatic carbocycles. The summed E-state index contributed by atoms with van der Waals surface area (Å²) in [7, 11) is 3.27. The lowest BCUT2D eigenvalue weighted by Crippen LogP contribution is -2.02. The first kappa shape index (κ1) is 17.0. The second-order valence-electron chi connectivity index (χ2n) is 5.70. The van der Waals surface area contributed by atoms with Crippen LogP contribution in [0.5, 0.6) is 11.5 Å². The Bertz CT molecular complexity index is 1070. The molecule has 2 N–H and O–H groups in total. The molecule has 0 aliphatic rings. The molecule has 136 valence electrons. The number of ether oxygens (including phenoxy) is 2. The van der Waals surface area contributed by atoms with Crippen LogP contribution in [0, 0.1) is 0 Å². The first-order chi connectivity index (χ1) is 13.2. The highest BCUT2D eigenvalue weighted by atomic mass is 32.1. The maximum absolute atomic E-state index is 6.28. The van der Waals surface area contributed by atoms with Gasteiger partial charge < -0.3 is 15.2 Å². The lowest BCUT2D eigenvalue weighted by molar-refractivity contribution is 0.414. The molecule has 0 fully saturated rings. The van der Waals surface area contributed by atoms with Crippen molar-refractivity contribution < 1.29 is 9.47 Å². The number of thiazole rings is 1. The molecule has 7 nitrogen and oxygen atoms in total. The van der Waals surface area contributed by atoms with E-state index in [0.29, 0.717) is 16.5 Å². The molecule has 0 bridgehead atoms. The summed E-state index contributed by atoms with van der Waals surface area (Å²) in [4.78, 5) is 4.67. The first-order valence-corrected chi connectivity index (χ1v) is 9.03. The van der Waals surface area contributed by atoms with Gasteiger partial charge in [0.15, 0.2) is 11.5 Å². The fourth-order valence-electron chi connectivity index (χ4n) is 2.65. The Hall–Kier alpha value is -3.39. The van der Waals surface area contributed by atoms with Crippen LogP contribution in [-0.4, -0.2) is 34.2 Å². The molecule has 0 atom stereocenters. The number of benzene rings is 2. The topological polar surface area (TPSA) is 88.1 Å². The number of nitrogens with zero attached hydrogens (tertiary/aromatic N) is 4. The van der Waals surface area contributed by atoms with Crippen LogP contribution in [0.2, 0.25) is 0 Å². The van der Waals surface area contributed by atoms with Crippen molar-refractivity contribution in [3.8, 4) is 39.1 Å². The number of nitrogens with two attached hydrogens (primary N) is 1. The minimum atomic E-state index is 0.437. The van der Waals surface area contributed by atoms with Crippen LogP contribution in [0.3, 0.4) is 0 Å². The minimum Gasteiger partial charge on any atom is -0.497 e. The van der Waals surface area contributed by atoms with Gasteiger partial charge in [0.2, 0.25) is 0 Å². The number of methoxy groups -OCH3 is 2. The van der Waals surface area contributed by atoms with E-state index in [2.05, 4.69) is 15.3 Å². The maximum atomic E-state index is 6.28. The highest BCUT2D eigenvalue weighted by Crippen LogP contribution is 2.32. The van der Waals surface area contributed by atoms with Crippen molar-refractivity contribution in [3.63, 3.8) is 0 Å². The van der Waals surface area contributed by atoms with Crippen LogP contribution in [-0.2, 0) is 0 Å². The van der Waals surface area contributed by atoms with E-state index in [0.717, 1.165) is 28.4 Å². The van der Waals surface area contributed by atoms with Crippen molar-refractivity contribution in [3.05, 3.63) is 53.9 Å². The first-order valence-electron chi connectivity index (χ1n) is 8.15. The molecule has 2 heterocycles. The molecule has 0 spiro atoms. The number of rotatable bonds is 5. The van der Waals surface area contributed by atoms with Gasteiger partial charge in [0, 0.05) is 10.9 Å². The number of anilines is 1. The number of nitrogen functional groups attached to an aromatic ring is 1. The van der Waals surface area contributed by atoms with E-state index in [1.54, 1.807) is 18.9 Å². The Morgan fingerprint density at radius 1 is 1.00 bits per heavy atom. The van der Waals surface area contributed by atoms with Crippen LogP contribution >= 0.6 is 11.3 Å². The molecule has 0 saturated heterocycles.